The minimum atomic E-state index is 0.0591. The molecule has 0 saturated heterocycles. The van der Waals surface area contributed by atoms with Crippen LogP contribution in [0.1, 0.15) is 31.4 Å². The molecule has 116 valence electrons. The van der Waals surface area contributed by atoms with E-state index in [0.717, 1.165) is 25.1 Å². The number of hydrogen-bond acceptors (Lipinski definition) is 4. The number of rotatable bonds is 9. The monoisotopic (exact) mass is 292 g/mol. The number of anilines is 1. The van der Waals surface area contributed by atoms with Crippen LogP contribution in [0.2, 0.25) is 0 Å². The molecule has 3 N–H and O–H groups in total. The number of hydrogen-bond donors (Lipinski definition) is 3. The highest BCUT2D eigenvalue weighted by Crippen LogP contribution is 2.30. The van der Waals surface area contributed by atoms with Gasteiger partial charge < -0.3 is 20.5 Å². The summed E-state index contributed by atoms with van der Waals surface area (Å²) in [6, 6.07) is 8.14. The van der Waals surface area contributed by atoms with E-state index in [1.165, 1.54) is 5.56 Å². The Hall–Kier alpha value is -1.43. The van der Waals surface area contributed by atoms with Crippen LogP contribution in [0.3, 0.4) is 0 Å². The Kier molecular flexibility index (Phi) is 6.17. The summed E-state index contributed by atoms with van der Waals surface area (Å²) in [5, 5.41) is 14.9. The van der Waals surface area contributed by atoms with E-state index in [1.54, 1.807) is 0 Å². The number of amides is 1. The van der Waals surface area contributed by atoms with Gasteiger partial charge in [-0.1, -0.05) is 12.1 Å². The largest absolute Gasteiger partial charge is 0.394 e. The third kappa shape index (κ3) is 5.46. The Bertz CT molecular complexity index is 443. The third-order valence-corrected chi connectivity index (χ3v) is 3.56. The highest BCUT2D eigenvalue weighted by atomic mass is 16.5. The molecule has 0 spiro atoms. The molecule has 5 nitrogen and oxygen atoms in total. The van der Waals surface area contributed by atoms with Gasteiger partial charge in [0, 0.05) is 24.2 Å². The number of carbonyl (C=O) groups is 1. The highest BCUT2D eigenvalue weighted by Gasteiger charge is 2.29. The van der Waals surface area contributed by atoms with Gasteiger partial charge in [-0.05, 0) is 37.5 Å². The first kappa shape index (κ1) is 15.9. The first-order chi connectivity index (χ1) is 10.2. The minimum Gasteiger partial charge on any atom is -0.394 e. The van der Waals surface area contributed by atoms with E-state index in [-0.39, 0.29) is 24.5 Å². The summed E-state index contributed by atoms with van der Waals surface area (Å²) in [4.78, 5) is 11.7. The fraction of sp³-hybridized carbons (Fsp3) is 0.562. The highest BCUT2D eigenvalue weighted by molar-refractivity contribution is 5.93. The van der Waals surface area contributed by atoms with Crippen LogP contribution in [-0.4, -0.2) is 37.4 Å². The number of carbonyl (C=O) groups excluding carboxylic acids is 1. The number of ether oxygens (including phenoxy) is 1. The van der Waals surface area contributed by atoms with Crippen LogP contribution >= 0.6 is 0 Å². The molecule has 1 aromatic carbocycles. The molecule has 2 rings (SSSR count). The summed E-state index contributed by atoms with van der Waals surface area (Å²) >= 11 is 0. The van der Waals surface area contributed by atoms with Gasteiger partial charge in [-0.2, -0.15) is 0 Å². The van der Waals surface area contributed by atoms with E-state index < -0.39 is 0 Å². The van der Waals surface area contributed by atoms with Crippen molar-refractivity contribution in [3.63, 3.8) is 0 Å². The van der Waals surface area contributed by atoms with Crippen molar-refractivity contribution in [3.8, 4) is 0 Å². The zero-order valence-electron chi connectivity index (χ0n) is 12.5. The minimum absolute atomic E-state index is 0.0591. The van der Waals surface area contributed by atoms with Gasteiger partial charge in [0.25, 0.3) is 0 Å². The second-order valence-corrected chi connectivity index (χ2v) is 5.40. The average Bonchev–Trinajstić information content (AvgIpc) is 3.32. The molecule has 0 radical (unpaired) electrons. The second-order valence-electron chi connectivity index (χ2n) is 5.40. The molecule has 21 heavy (non-hydrogen) atoms. The molecule has 0 bridgehead atoms. The molecule has 0 aromatic heterocycles. The maximum Gasteiger partial charge on any atom is 0.227 e. The average molecular weight is 292 g/mol. The quantitative estimate of drug-likeness (QED) is 0.606. The van der Waals surface area contributed by atoms with Gasteiger partial charge in [0.1, 0.15) is 0 Å². The lowest BCUT2D eigenvalue weighted by atomic mass is 10.1. The van der Waals surface area contributed by atoms with Gasteiger partial charge >= 0.3 is 0 Å². The van der Waals surface area contributed by atoms with Gasteiger partial charge in [0.15, 0.2) is 0 Å². The molecular formula is C16H24N2O3. The number of aliphatic hydroxyl groups is 1. The predicted molar refractivity (Wildman–Crippen MR) is 82.1 cm³/mol. The van der Waals surface area contributed by atoms with E-state index >= 15 is 0 Å². The van der Waals surface area contributed by atoms with Crippen LogP contribution in [0, 0.1) is 5.92 Å². The standard InChI is InChI=1S/C16H24N2O3/c1-12(17-8-10-21-11-9-19)13-4-6-15(7-5-13)18-16(20)14-2-3-14/h4-7,12,14,17,19H,2-3,8-11H2,1H3,(H,18,20). The molecule has 1 fully saturated rings. The lowest BCUT2D eigenvalue weighted by molar-refractivity contribution is -0.117. The Morgan fingerprint density at radius 3 is 2.67 bits per heavy atom. The maximum atomic E-state index is 11.7. The second kappa shape index (κ2) is 8.12. The predicted octanol–water partition coefficient (Wildman–Crippen LogP) is 1.69. The van der Waals surface area contributed by atoms with E-state index in [1.807, 2.05) is 24.3 Å². The Labute approximate surface area is 125 Å². The normalized spacial score (nSPS) is 15.7. The van der Waals surface area contributed by atoms with Crippen molar-refractivity contribution in [2.75, 3.05) is 31.7 Å². The van der Waals surface area contributed by atoms with Crippen molar-refractivity contribution in [1.29, 1.82) is 0 Å². The van der Waals surface area contributed by atoms with Crippen molar-refractivity contribution in [3.05, 3.63) is 29.8 Å². The van der Waals surface area contributed by atoms with E-state index in [4.69, 9.17) is 9.84 Å². The molecule has 0 aliphatic heterocycles. The van der Waals surface area contributed by atoms with Gasteiger partial charge in [-0.3, -0.25) is 4.79 Å². The summed E-state index contributed by atoms with van der Waals surface area (Å²) in [6.45, 7) is 3.85. The summed E-state index contributed by atoms with van der Waals surface area (Å²) in [5.74, 6) is 0.360. The number of aliphatic hydroxyl groups excluding tert-OH is 1. The Balaban J connectivity index is 1.73. The molecule has 1 unspecified atom stereocenters. The molecular weight excluding hydrogens is 268 g/mol. The van der Waals surface area contributed by atoms with Crippen LogP contribution in [-0.2, 0) is 9.53 Å². The van der Waals surface area contributed by atoms with E-state index in [0.29, 0.717) is 13.2 Å². The van der Waals surface area contributed by atoms with E-state index in [9.17, 15) is 4.79 Å². The lowest BCUT2D eigenvalue weighted by Gasteiger charge is -2.15. The third-order valence-electron chi connectivity index (χ3n) is 3.56. The van der Waals surface area contributed by atoms with Gasteiger partial charge in [0.2, 0.25) is 5.91 Å². The summed E-state index contributed by atoms with van der Waals surface area (Å²) in [5.41, 5.74) is 2.02. The van der Waals surface area contributed by atoms with Crippen molar-refractivity contribution >= 4 is 11.6 Å². The number of benzene rings is 1. The first-order valence-corrected chi connectivity index (χ1v) is 7.53. The van der Waals surface area contributed by atoms with Crippen LogP contribution in [0.5, 0.6) is 0 Å². The zero-order chi connectivity index (χ0) is 15.1. The Morgan fingerprint density at radius 2 is 2.05 bits per heavy atom. The van der Waals surface area contributed by atoms with Gasteiger partial charge in [-0.25, -0.2) is 0 Å². The molecule has 1 amide bonds. The van der Waals surface area contributed by atoms with Crippen LogP contribution in [0.4, 0.5) is 5.69 Å². The van der Waals surface area contributed by atoms with Gasteiger partial charge in [0.05, 0.1) is 19.8 Å². The summed E-state index contributed by atoms with van der Waals surface area (Å²) in [7, 11) is 0. The Morgan fingerprint density at radius 1 is 1.33 bits per heavy atom. The number of nitrogens with one attached hydrogen (secondary N) is 2. The van der Waals surface area contributed by atoms with Crippen molar-refractivity contribution < 1.29 is 14.6 Å². The molecule has 1 atom stereocenters. The fourth-order valence-corrected chi connectivity index (χ4v) is 2.08. The van der Waals surface area contributed by atoms with Gasteiger partial charge in [-0.15, -0.1) is 0 Å². The van der Waals surface area contributed by atoms with E-state index in [2.05, 4.69) is 17.6 Å². The molecule has 1 saturated carbocycles. The van der Waals surface area contributed by atoms with Crippen molar-refractivity contribution in [2.24, 2.45) is 5.92 Å². The smallest absolute Gasteiger partial charge is 0.227 e. The van der Waals surface area contributed by atoms with Crippen LogP contribution < -0.4 is 10.6 Å². The molecule has 1 aromatic rings. The van der Waals surface area contributed by atoms with Crippen molar-refractivity contribution in [1.82, 2.24) is 5.32 Å². The molecule has 0 heterocycles. The summed E-state index contributed by atoms with van der Waals surface area (Å²) < 4.78 is 5.20. The van der Waals surface area contributed by atoms with Crippen LogP contribution in [0.25, 0.3) is 0 Å². The zero-order valence-corrected chi connectivity index (χ0v) is 12.5. The van der Waals surface area contributed by atoms with Crippen molar-refractivity contribution in [2.45, 2.75) is 25.8 Å². The topological polar surface area (TPSA) is 70.6 Å². The SMILES string of the molecule is CC(NCCOCCO)c1ccc(NC(=O)C2CC2)cc1. The molecule has 5 heteroatoms. The molecule has 1 aliphatic carbocycles. The maximum absolute atomic E-state index is 11.7. The summed E-state index contributed by atoms with van der Waals surface area (Å²) in [6.07, 6.45) is 2.03. The fourth-order valence-electron chi connectivity index (χ4n) is 2.08. The van der Waals surface area contributed by atoms with Crippen LogP contribution in [0.15, 0.2) is 24.3 Å². The first-order valence-electron chi connectivity index (χ1n) is 7.53. The molecule has 1 aliphatic rings. The lowest BCUT2D eigenvalue weighted by Crippen LogP contribution is -2.23.